The highest BCUT2D eigenvalue weighted by molar-refractivity contribution is 5.95. The van der Waals surface area contributed by atoms with Gasteiger partial charge in [0.1, 0.15) is 17.6 Å². The third-order valence-corrected chi connectivity index (χ3v) is 7.93. The molecule has 11 heteroatoms. The minimum Gasteiger partial charge on any atom is -0.336 e. The molecule has 5 atom stereocenters. The molecule has 0 radical (unpaired) electrons. The molecule has 4 rings (SSSR count). The van der Waals surface area contributed by atoms with Crippen LogP contribution in [0.3, 0.4) is 0 Å². The predicted octanol–water partition coefficient (Wildman–Crippen LogP) is 2.13. The lowest BCUT2D eigenvalue weighted by molar-refractivity contribution is -0.176. The van der Waals surface area contributed by atoms with Crippen molar-refractivity contribution in [2.75, 3.05) is 6.54 Å². The summed E-state index contributed by atoms with van der Waals surface area (Å²) in [5.41, 5.74) is -0.954. The maximum atomic E-state index is 13.7. The second-order valence-corrected chi connectivity index (χ2v) is 11.8. The molecule has 2 N–H and O–H groups in total. The maximum Gasteiger partial charge on any atom is 0.471 e. The fraction of sp³-hybridized carbons (Fsp3) is 0.640. The first-order valence-electron chi connectivity index (χ1n) is 11.9. The summed E-state index contributed by atoms with van der Waals surface area (Å²) < 4.78 is 39.0. The monoisotopic (exact) mass is 505 g/mol. The van der Waals surface area contributed by atoms with E-state index in [2.05, 4.69) is 16.4 Å². The standard InChI is InChI=1S/C25H30F3N5O3/c1-22(2,3)18(31-21(36)25(26,27)28)20(35)33-11-14-16(23(14,4)5)17(33)19(34)32-24(12-29)9-13-7-6-8-30-15(13)10-24/h6-8,14,16-18H,9-11H2,1-5H3,(H,31,36)(H,32,34)/t14-,16-,17-,18?,24?/m0/s1. The van der Waals surface area contributed by atoms with E-state index in [0.717, 1.165) is 5.56 Å². The molecule has 3 aliphatic rings. The Hall–Kier alpha value is -3.16. The number of rotatable bonds is 4. The molecule has 2 aliphatic carbocycles. The first-order chi connectivity index (χ1) is 16.5. The van der Waals surface area contributed by atoms with E-state index in [-0.39, 0.29) is 36.6 Å². The lowest BCUT2D eigenvalue weighted by atomic mass is 9.85. The zero-order valence-corrected chi connectivity index (χ0v) is 20.9. The Bertz CT molecular complexity index is 1130. The van der Waals surface area contributed by atoms with Crippen LogP contribution in [0.15, 0.2) is 18.3 Å². The smallest absolute Gasteiger partial charge is 0.336 e. The minimum absolute atomic E-state index is 0.0170. The van der Waals surface area contributed by atoms with E-state index >= 15 is 0 Å². The van der Waals surface area contributed by atoms with Gasteiger partial charge < -0.3 is 15.5 Å². The van der Waals surface area contributed by atoms with Crippen LogP contribution in [0, 0.1) is 34.0 Å². The largest absolute Gasteiger partial charge is 0.471 e. The lowest BCUT2D eigenvalue weighted by Crippen LogP contribution is -2.62. The normalized spacial score (nSPS) is 29.0. The third kappa shape index (κ3) is 4.31. The number of piperidine rings is 1. The summed E-state index contributed by atoms with van der Waals surface area (Å²) in [5.74, 6) is -3.70. The molecule has 1 aliphatic heterocycles. The number of nitrogens with one attached hydrogen (secondary N) is 2. The summed E-state index contributed by atoms with van der Waals surface area (Å²) in [6.45, 7) is 8.80. The SMILES string of the molecule is CC(C)(C)C(NC(=O)C(F)(F)F)C(=O)N1C[C@H]2[C@@H]([C@H]1C(=O)NC1(C#N)Cc3cccnc3C1)C2(C)C. The predicted molar refractivity (Wildman–Crippen MR) is 122 cm³/mol. The van der Waals surface area contributed by atoms with Gasteiger partial charge in [0.2, 0.25) is 11.8 Å². The van der Waals surface area contributed by atoms with Crippen molar-refractivity contribution in [1.82, 2.24) is 20.5 Å². The molecule has 0 spiro atoms. The number of carbonyl (C=O) groups excluding carboxylic acids is 3. The van der Waals surface area contributed by atoms with Crippen LogP contribution in [-0.4, -0.2) is 57.9 Å². The number of fused-ring (bicyclic) bond motifs is 2. The average Bonchev–Trinajstić information content (AvgIpc) is 3.13. The van der Waals surface area contributed by atoms with Crippen LogP contribution in [0.2, 0.25) is 0 Å². The Labute approximate surface area is 207 Å². The van der Waals surface area contributed by atoms with Gasteiger partial charge in [-0.05, 0) is 34.3 Å². The van der Waals surface area contributed by atoms with Crippen molar-refractivity contribution in [3.05, 3.63) is 29.6 Å². The Morgan fingerprint density at radius 3 is 2.44 bits per heavy atom. The van der Waals surface area contributed by atoms with Crippen LogP contribution >= 0.6 is 0 Å². The van der Waals surface area contributed by atoms with Crippen LogP contribution < -0.4 is 10.6 Å². The zero-order valence-electron chi connectivity index (χ0n) is 20.9. The van der Waals surface area contributed by atoms with Gasteiger partial charge in [0, 0.05) is 31.3 Å². The average molecular weight is 506 g/mol. The lowest BCUT2D eigenvalue weighted by Gasteiger charge is -2.38. The minimum atomic E-state index is -5.15. The van der Waals surface area contributed by atoms with Gasteiger partial charge in [0.05, 0.1) is 6.07 Å². The summed E-state index contributed by atoms with van der Waals surface area (Å²) in [6.07, 6.45) is -3.05. The number of alkyl halides is 3. The second kappa shape index (κ2) is 8.18. The Morgan fingerprint density at radius 1 is 1.22 bits per heavy atom. The van der Waals surface area contributed by atoms with E-state index in [9.17, 15) is 32.8 Å². The fourth-order valence-electron chi connectivity index (χ4n) is 5.81. The van der Waals surface area contributed by atoms with Crippen molar-refractivity contribution in [3.8, 4) is 6.07 Å². The van der Waals surface area contributed by atoms with Crippen molar-refractivity contribution in [1.29, 1.82) is 5.26 Å². The number of nitriles is 1. The van der Waals surface area contributed by atoms with Gasteiger partial charge in [0.25, 0.3) is 0 Å². The molecule has 3 amide bonds. The Balaban J connectivity index is 1.60. The van der Waals surface area contributed by atoms with Gasteiger partial charge in [-0.3, -0.25) is 19.4 Å². The van der Waals surface area contributed by atoms with Gasteiger partial charge in [-0.25, -0.2) is 0 Å². The van der Waals surface area contributed by atoms with Gasteiger partial charge in [-0.1, -0.05) is 40.7 Å². The molecule has 1 aromatic heterocycles. The molecule has 2 heterocycles. The van der Waals surface area contributed by atoms with Crippen LogP contribution in [0.5, 0.6) is 0 Å². The molecular formula is C25H30F3N5O3. The molecule has 8 nitrogen and oxygen atoms in total. The van der Waals surface area contributed by atoms with Gasteiger partial charge in [-0.2, -0.15) is 18.4 Å². The topological polar surface area (TPSA) is 115 Å². The van der Waals surface area contributed by atoms with Crippen LogP contribution in [-0.2, 0) is 27.2 Å². The van der Waals surface area contributed by atoms with Gasteiger partial charge in [-0.15, -0.1) is 0 Å². The number of halogens is 3. The fourth-order valence-corrected chi connectivity index (χ4v) is 5.81. The van der Waals surface area contributed by atoms with Crippen molar-refractivity contribution < 1.29 is 27.6 Å². The van der Waals surface area contributed by atoms with Crippen LogP contribution in [0.1, 0.15) is 45.9 Å². The number of likely N-dealkylation sites (tertiary alicyclic amines) is 1. The molecule has 36 heavy (non-hydrogen) atoms. The summed E-state index contributed by atoms with van der Waals surface area (Å²) in [4.78, 5) is 44.6. The molecule has 1 aromatic rings. The molecule has 1 saturated heterocycles. The Kier molecular flexibility index (Phi) is 5.89. The number of nitrogens with zero attached hydrogens (tertiary/aromatic N) is 3. The highest BCUT2D eigenvalue weighted by atomic mass is 19.4. The van der Waals surface area contributed by atoms with Crippen molar-refractivity contribution in [2.24, 2.45) is 22.7 Å². The highest BCUT2D eigenvalue weighted by Gasteiger charge is 2.70. The summed E-state index contributed by atoms with van der Waals surface area (Å²) in [5, 5.41) is 14.7. The van der Waals surface area contributed by atoms with Gasteiger partial charge >= 0.3 is 12.1 Å². The van der Waals surface area contributed by atoms with E-state index in [1.807, 2.05) is 25.2 Å². The zero-order chi connectivity index (χ0) is 26.8. The number of pyridine rings is 1. The van der Waals surface area contributed by atoms with E-state index in [1.165, 1.54) is 4.90 Å². The first-order valence-corrected chi connectivity index (χ1v) is 11.9. The van der Waals surface area contributed by atoms with E-state index in [0.29, 0.717) is 5.69 Å². The van der Waals surface area contributed by atoms with Crippen molar-refractivity contribution in [2.45, 2.75) is 71.3 Å². The van der Waals surface area contributed by atoms with Gasteiger partial charge in [0.15, 0.2) is 0 Å². The van der Waals surface area contributed by atoms with Crippen molar-refractivity contribution >= 4 is 17.7 Å². The maximum absolute atomic E-state index is 13.7. The van der Waals surface area contributed by atoms with E-state index < -0.39 is 46.9 Å². The summed E-state index contributed by atoms with van der Waals surface area (Å²) in [7, 11) is 0. The molecule has 194 valence electrons. The molecule has 2 unspecified atom stereocenters. The number of hydrogen-bond acceptors (Lipinski definition) is 5. The van der Waals surface area contributed by atoms with Crippen molar-refractivity contribution in [3.63, 3.8) is 0 Å². The number of aromatic nitrogens is 1. The first kappa shape index (κ1) is 25.9. The second-order valence-electron chi connectivity index (χ2n) is 11.8. The van der Waals surface area contributed by atoms with E-state index in [4.69, 9.17) is 0 Å². The molecule has 1 saturated carbocycles. The molecule has 0 aromatic carbocycles. The van der Waals surface area contributed by atoms with Crippen LogP contribution in [0.4, 0.5) is 13.2 Å². The number of carbonyl (C=O) groups is 3. The highest BCUT2D eigenvalue weighted by Crippen LogP contribution is 2.65. The molecule has 0 bridgehead atoms. The number of hydrogen-bond donors (Lipinski definition) is 2. The Morgan fingerprint density at radius 2 is 1.89 bits per heavy atom. The molecular weight excluding hydrogens is 475 g/mol. The summed E-state index contributed by atoms with van der Waals surface area (Å²) in [6, 6.07) is 3.34. The summed E-state index contributed by atoms with van der Waals surface area (Å²) >= 11 is 0. The number of amides is 3. The van der Waals surface area contributed by atoms with E-state index in [1.54, 1.807) is 33.0 Å². The quantitative estimate of drug-likeness (QED) is 0.651. The third-order valence-electron chi connectivity index (χ3n) is 7.93. The molecule has 2 fully saturated rings. The van der Waals surface area contributed by atoms with Crippen LogP contribution in [0.25, 0.3) is 0 Å².